The van der Waals surface area contributed by atoms with Gasteiger partial charge in [0, 0.05) is 19.6 Å². The normalized spacial score (nSPS) is 16.7. The van der Waals surface area contributed by atoms with Crippen LogP contribution in [0.25, 0.3) is 0 Å². The number of piperidine rings is 1. The summed E-state index contributed by atoms with van der Waals surface area (Å²) in [6.45, 7) is 10.9. The Morgan fingerprint density at radius 3 is 2.26 bits per heavy atom. The predicted molar refractivity (Wildman–Crippen MR) is 139 cm³/mol. The second-order valence-electron chi connectivity index (χ2n) is 8.23. The summed E-state index contributed by atoms with van der Waals surface area (Å²) in [5.41, 5.74) is 1.92. The van der Waals surface area contributed by atoms with Crippen molar-refractivity contribution >= 4 is 11.9 Å². The maximum absolute atomic E-state index is 11.9. The van der Waals surface area contributed by atoms with E-state index in [-0.39, 0.29) is 11.9 Å². The number of rotatable bonds is 5. The number of halogens is 1. The van der Waals surface area contributed by atoms with Crippen LogP contribution < -0.4 is 10.2 Å². The fourth-order valence-electron chi connectivity index (χ4n) is 3.66. The zero-order chi connectivity index (χ0) is 25.5. The number of carbonyl (C=O) groups is 1. The molecule has 188 valence electrons. The van der Waals surface area contributed by atoms with Crippen LogP contribution in [0.15, 0.2) is 73.1 Å². The lowest BCUT2D eigenvalue weighted by molar-refractivity contribution is 0.135. The minimum absolute atomic E-state index is 0.178. The molecule has 0 aliphatic carbocycles. The van der Waals surface area contributed by atoms with E-state index in [0.717, 1.165) is 36.6 Å². The molecule has 1 aliphatic heterocycles. The van der Waals surface area contributed by atoms with Gasteiger partial charge >= 0.3 is 6.09 Å². The van der Waals surface area contributed by atoms with Crippen LogP contribution in [0.3, 0.4) is 0 Å². The van der Waals surface area contributed by atoms with E-state index < -0.39 is 0 Å². The molecule has 1 saturated heterocycles. The van der Waals surface area contributed by atoms with Crippen molar-refractivity contribution < 1.29 is 13.9 Å². The highest BCUT2D eigenvalue weighted by atomic mass is 19.1. The zero-order valence-corrected chi connectivity index (χ0v) is 21.2. The first-order valence-corrected chi connectivity index (χ1v) is 12.2. The fourth-order valence-corrected chi connectivity index (χ4v) is 3.66. The largest absolute Gasteiger partial charge is 0.445 e. The second-order valence-corrected chi connectivity index (χ2v) is 8.23. The molecule has 2 aromatic carbocycles. The molecule has 0 saturated carbocycles. The summed E-state index contributed by atoms with van der Waals surface area (Å²) in [6, 6.07) is 17.6. The minimum Gasteiger partial charge on any atom is -0.445 e. The lowest BCUT2D eigenvalue weighted by atomic mass is 9.87. The average Bonchev–Trinajstić information content (AvgIpc) is 2.90. The molecule has 1 unspecified atom stereocenters. The van der Waals surface area contributed by atoms with Gasteiger partial charge in [0.1, 0.15) is 18.2 Å². The number of carbonyl (C=O) groups excluding carboxylic acids is 1. The molecule has 6 nitrogen and oxygen atoms in total. The van der Waals surface area contributed by atoms with Crippen LogP contribution in [0.1, 0.15) is 38.4 Å². The van der Waals surface area contributed by atoms with Gasteiger partial charge in [0.2, 0.25) is 0 Å². The van der Waals surface area contributed by atoms with Gasteiger partial charge in [0.25, 0.3) is 0 Å². The summed E-state index contributed by atoms with van der Waals surface area (Å²) >= 11 is 0. The van der Waals surface area contributed by atoms with Gasteiger partial charge in [-0.1, -0.05) is 69.3 Å². The van der Waals surface area contributed by atoms with Gasteiger partial charge in [-0.2, -0.15) is 0 Å². The van der Waals surface area contributed by atoms with Gasteiger partial charge in [0.05, 0.1) is 18.1 Å². The third-order valence-electron chi connectivity index (χ3n) is 5.63. The lowest BCUT2D eigenvalue weighted by Crippen LogP contribution is -2.44. The van der Waals surface area contributed by atoms with E-state index in [1.807, 2.05) is 57.3 Å². The zero-order valence-electron chi connectivity index (χ0n) is 21.2. The number of benzene rings is 2. The van der Waals surface area contributed by atoms with E-state index in [2.05, 4.69) is 27.1 Å². The molecule has 1 aliphatic rings. The van der Waals surface area contributed by atoms with E-state index in [1.165, 1.54) is 12.1 Å². The highest BCUT2D eigenvalue weighted by Crippen LogP contribution is 2.25. The second kappa shape index (κ2) is 15.4. The molecule has 7 heteroatoms. The smallest absolute Gasteiger partial charge is 0.407 e. The van der Waals surface area contributed by atoms with Gasteiger partial charge in [-0.25, -0.2) is 14.2 Å². The summed E-state index contributed by atoms with van der Waals surface area (Å²) in [7, 11) is 0. The number of amides is 1. The van der Waals surface area contributed by atoms with Crippen molar-refractivity contribution in [1.29, 1.82) is 0 Å². The minimum atomic E-state index is -0.354. The van der Waals surface area contributed by atoms with Gasteiger partial charge in [-0.15, -0.1) is 0 Å². The Morgan fingerprint density at radius 1 is 1.06 bits per heavy atom. The standard InChI is InChI=1S/C20H26N4O2.C6H5F.C2H6/c1-15-13-24(19-12-21-16(2)10-22-19)9-8-18(15)11-23-20(25)26-14-17-6-4-3-5-7-17;7-6-4-2-1-3-5-6;1-2/h3-7,10,12,15,18H,8-9,11,13-14H2,1-2H3,(H,23,25);1-5H;1-2H3/t15-,18?;;/m1../s1. The number of hydrogen-bond donors (Lipinski definition) is 1. The molecule has 3 aromatic rings. The Morgan fingerprint density at radius 2 is 1.71 bits per heavy atom. The molecule has 2 atom stereocenters. The average molecular weight is 481 g/mol. The quantitative estimate of drug-likeness (QED) is 0.483. The molecule has 1 fully saturated rings. The van der Waals surface area contributed by atoms with Crippen LogP contribution in [-0.4, -0.2) is 35.7 Å². The molecule has 0 radical (unpaired) electrons. The molecule has 35 heavy (non-hydrogen) atoms. The van der Waals surface area contributed by atoms with Gasteiger partial charge in [0.15, 0.2) is 0 Å². The van der Waals surface area contributed by atoms with E-state index in [0.29, 0.717) is 25.0 Å². The Balaban J connectivity index is 0.000000407. The Bertz CT molecular complexity index is 971. The molecule has 0 spiro atoms. The highest BCUT2D eigenvalue weighted by molar-refractivity contribution is 5.67. The number of nitrogens with zero attached hydrogens (tertiary/aromatic N) is 3. The first kappa shape index (κ1) is 27.8. The van der Waals surface area contributed by atoms with Crippen molar-refractivity contribution in [2.75, 3.05) is 24.5 Å². The topological polar surface area (TPSA) is 67.4 Å². The molecule has 2 heterocycles. The number of aryl methyl sites for hydroxylation is 1. The molecule has 1 aromatic heterocycles. The molecule has 4 rings (SSSR count). The van der Waals surface area contributed by atoms with Gasteiger partial charge in [-0.05, 0) is 42.9 Å². The van der Waals surface area contributed by atoms with Crippen LogP contribution in [0, 0.1) is 24.6 Å². The summed E-state index contributed by atoms with van der Waals surface area (Å²) in [4.78, 5) is 23.0. The van der Waals surface area contributed by atoms with Crippen molar-refractivity contribution in [2.45, 2.75) is 40.7 Å². The van der Waals surface area contributed by atoms with Crippen molar-refractivity contribution in [2.24, 2.45) is 11.8 Å². The summed E-state index contributed by atoms with van der Waals surface area (Å²) < 4.78 is 17.2. The van der Waals surface area contributed by atoms with E-state index in [1.54, 1.807) is 24.4 Å². The summed E-state index contributed by atoms with van der Waals surface area (Å²) in [5, 5.41) is 2.91. The highest BCUT2D eigenvalue weighted by Gasteiger charge is 2.27. The van der Waals surface area contributed by atoms with Crippen molar-refractivity contribution in [1.82, 2.24) is 15.3 Å². The first-order valence-electron chi connectivity index (χ1n) is 12.2. The fraction of sp³-hybridized carbons (Fsp3) is 0.393. The Labute approximate surface area is 208 Å². The number of nitrogens with one attached hydrogen (secondary N) is 1. The number of hydrogen-bond acceptors (Lipinski definition) is 5. The monoisotopic (exact) mass is 480 g/mol. The molecular formula is C28H37FN4O2. The van der Waals surface area contributed by atoms with Crippen LogP contribution in [0.5, 0.6) is 0 Å². The molecule has 1 amide bonds. The summed E-state index contributed by atoms with van der Waals surface area (Å²) in [5.74, 6) is 1.65. The van der Waals surface area contributed by atoms with Crippen LogP contribution in [0.2, 0.25) is 0 Å². The maximum Gasteiger partial charge on any atom is 0.407 e. The van der Waals surface area contributed by atoms with E-state index in [4.69, 9.17) is 4.74 Å². The first-order chi connectivity index (χ1) is 17.0. The third-order valence-corrected chi connectivity index (χ3v) is 5.63. The third kappa shape index (κ3) is 10.1. The Hall–Kier alpha value is -3.48. The SMILES string of the molecule is CC.Cc1cnc(N2CCC(CNC(=O)OCc3ccccc3)[C@H](C)C2)cn1.Fc1ccccc1. The van der Waals surface area contributed by atoms with Gasteiger partial charge < -0.3 is 15.0 Å². The number of ether oxygens (including phenoxy) is 1. The maximum atomic E-state index is 11.9. The van der Waals surface area contributed by atoms with Crippen molar-refractivity contribution in [3.63, 3.8) is 0 Å². The molecule has 1 N–H and O–H groups in total. The number of anilines is 1. The van der Waals surface area contributed by atoms with Crippen molar-refractivity contribution in [3.8, 4) is 0 Å². The summed E-state index contributed by atoms with van der Waals surface area (Å²) in [6.07, 6.45) is 4.29. The van der Waals surface area contributed by atoms with Crippen LogP contribution in [-0.2, 0) is 11.3 Å². The van der Waals surface area contributed by atoms with Crippen LogP contribution >= 0.6 is 0 Å². The van der Waals surface area contributed by atoms with Crippen LogP contribution in [0.4, 0.5) is 15.0 Å². The molecular weight excluding hydrogens is 443 g/mol. The number of aromatic nitrogens is 2. The van der Waals surface area contributed by atoms with E-state index in [9.17, 15) is 9.18 Å². The molecule has 0 bridgehead atoms. The van der Waals surface area contributed by atoms with Crippen molar-refractivity contribution in [3.05, 3.63) is 90.1 Å². The Kier molecular flexibility index (Phi) is 12.2. The number of alkyl carbamates (subject to hydrolysis) is 1. The van der Waals surface area contributed by atoms with E-state index >= 15 is 0 Å². The van der Waals surface area contributed by atoms with Gasteiger partial charge in [-0.3, -0.25) is 4.98 Å². The predicted octanol–water partition coefficient (Wildman–Crippen LogP) is 6.03. The lowest BCUT2D eigenvalue weighted by Gasteiger charge is -2.37.